The molecule has 1 N–H and O–H groups in total. The van der Waals surface area contributed by atoms with Gasteiger partial charge < -0.3 is 10.1 Å². The van der Waals surface area contributed by atoms with Crippen molar-refractivity contribution in [2.75, 3.05) is 19.8 Å². The van der Waals surface area contributed by atoms with E-state index in [1.54, 1.807) is 0 Å². The molecule has 14 heavy (non-hydrogen) atoms. The predicted octanol–water partition coefficient (Wildman–Crippen LogP) is 2.06. The lowest BCUT2D eigenvalue weighted by Crippen LogP contribution is -2.35. The summed E-state index contributed by atoms with van der Waals surface area (Å²) in [4.78, 5) is 1.48. The van der Waals surface area contributed by atoms with Crippen molar-refractivity contribution in [2.24, 2.45) is 0 Å². The van der Waals surface area contributed by atoms with Crippen LogP contribution < -0.4 is 5.32 Å². The van der Waals surface area contributed by atoms with Crippen LogP contribution in [0.2, 0.25) is 0 Å². The monoisotopic (exact) mass is 211 g/mol. The molecular formula is C11H17NOS. The van der Waals surface area contributed by atoms with Gasteiger partial charge in [-0.25, -0.2) is 0 Å². The first-order valence-electron chi connectivity index (χ1n) is 5.28. The summed E-state index contributed by atoms with van der Waals surface area (Å²) in [7, 11) is 0. The zero-order valence-electron chi connectivity index (χ0n) is 8.37. The van der Waals surface area contributed by atoms with Gasteiger partial charge in [-0.1, -0.05) is 6.07 Å². The first-order valence-corrected chi connectivity index (χ1v) is 6.16. The SMILES string of the molecule is c1csc(CCNC2CCOCC2)c1. The zero-order chi connectivity index (χ0) is 9.64. The Kier molecular flexibility index (Phi) is 3.98. The Labute approximate surface area is 89.3 Å². The highest BCUT2D eigenvalue weighted by atomic mass is 32.1. The molecule has 0 aliphatic carbocycles. The molecule has 0 spiro atoms. The van der Waals surface area contributed by atoms with Crippen LogP contribution in [-0.4, -0.2) is 25.8 Å². The highest BCUT2D eigenvalue weighted by molar-refractivity contribution is 7.09. The quantitative estimate of drug-likeness (QED) is 0.823. The molecule has 0 atom stereocenters. The average molecular weight is 211 g/mol. The van der Waals surface area contributed by atoms with Gasteiger partial charge in [-0.2, -0.15) is 0 Å². The second-order valence-corrected chi connectivity index (χ2v) is 4.70. The molecule has 1 aliphatic heterocycles. The lowest BCUT2D eigenvalue weighted by Gasteiger charge is -2.22. The number of hydrogen-bond acceptors (Lipinski definition) is 3. The van der Waals surface area contributed by atoms with Crippen molar-refractivity contribution in [2.45, 2.75) is 25.3 Å². The van der Waals surface area contributed by atoms with Crippen LogP contribution in [0.25, 0.3) is 0 Å². The standard InChI is InChI=1S/C11H17NOS/c1-2-11(14-9-1)3-6-12-10-4-7-13-8-5-10/h1-2,9-10,12H,3-8H2. The Morgan fingerprint density at radius 3 is 3.00 bits per heavy atom. The fourth-order valence-corrected chi connectivity index (χ4v) is 2.47. The summed E-state index contributed by atoms with van der Waals surface area (Å²) in [5, 5.41) is 5.73. The van der Waals surface area contributed by atoms with Crippen LogP contribution in [0.3, 0.4) is 0 Å². The van der Waals surface area contributed by atoms with Gasteiger partial charge in [0.05, 0.1) is 0 Å². The van der Waals surface area contributed by atoms with E-state index in [4.69, 9.17) is 4.74 Å². The normalized spacial score (nSPS) is 18.6. The Hall–Kier alpha value is -0.380. The van der Waals surface area contributed by atoms with Crippen molar-refractivity contribution in [1.82, 2.24) is 5.32 Å². The third kappa shape index (κ3) is 3.08. The molecule has 78 valence electrons. The Morgan fingerprint density at radius 1 is 1.43 bits per heavy atom. The minimum absolute atomic E-state index is 0.684. The van der Waals surface area contributed by atoms with Crippen LogP contribution in [0.1, 0.15) is 17.7 Å². The maximum absolute atomic E-state index is 5.31. The molecule has 2 rings (SSSR count). The third-order valence-electron chi connectivity index (χ3n) is 2.61. The predicted molar refractivity (Wildman–Crippen MR) is 59.9 cm³/mol. The number of nitrogens with one attached hydrogen (secondary N) is 1. The van der Waals surface area contributed by atoms with Gasteiger partial charge in [0.2, 0.25) is 0 Å². The molecule has 1 aromatic heterocycles. The van der Waals surface area contributed by atoms with Crippen LogP contribution in [0.5, 0.6) is 0 Å². The minimum atomic E-state index is 0.684. The Bertz CT molecular complexity index is 242. The first-order chi connectivity index (χ1) is 6.95. The maximum atomic E-state index is 5.31. The highest BCUT2D eigenvalue weighted by Crippen LogP contribution is 2.09. The van der Waals surface area contributed by atoms with E-state index in [1.807, 2.05) is 11.3 Å². The summed E-state index contributed by atoms with van der Waals surface area (Å²) in [6.07, 6.45) is 3.50. The van der Waals surface area contributed by atoms with Crippen molar-refractivity contribution in [3.05, 3.63) is 22.4 Å². The van der Waals surface area contributed by atoms with Crippen molar-refractivity contribution in [3.63, 3.8) is 0 Å². The van der Waals surface area contributed by atoms with E-state index < -0.39 is 0 Å². The van der Waals surface area contributed by atoms with Crippen LogP contribution in [-0.2, 0) is 11.2 Å². The Balaban J connectivity index is 1.62. The van der Waals surface area contributed by atoms with Crippen LogP contribution in [0.15, 0.2) is 17.5 Å². The largest absolute Gasteiger partial charge is 0.381 e. The van der Waals surface area contributed by atoms with E-state index in [0.717, 1.165) is 26.2 Å². The van der Waals surface area contributed by atoms with Gasteiger partial charge >= 0.3 is 0 Å². The zero-order valence-corrected chi connectivity index (χ0v) is 9.19. The molecule has 0 aromatic carbocycles. The van der Waals surface area contributed by atoms with Crippen molar-refractivity contribution in [1.29, 1.82) is 0 Å². The summed E-state index contributed by atoms with van der Waals surface area (Å²) in [6, 6.07) is 5.01. The average Bonchev–Trinajstić information content (AvgIpc) is 2.72. The summed E-state index contributed by atoms with van der Waals surface area (Å²) < 4.78 is 5.31. The highest BCUT2D eigenvalue weighted by Gasteiger charge is 2.12. The van der Waals surface area contributed by atoms with Crippen LogP contribution in [0.4, 0.5) is 0 Å². The van der Waals surface area contributed by atoms with Gasteiger partial charge in [0.25, 0.3) is 0 Å². The molecular weight excluding hydrogens is 194 g/mol. The van der Waals surface area contributed by atoms with Gasteiger partial charge in [0, 0.05) is 30.7 Å². The molecule has 2 heterocycles. The molecule has 3 heteroatoms. The van der Waals surface area contributed by atoms with E-state index >= 15 is 0 Å². The molecule has 0 saturated carbocycles. The number of hydrogen-bond donors (Lipinski definition) is 1. The molecule has 1 aromatic rings. The van der Waals surface area contributed by atoms with Crippen molar-refractivity contribution < 1.29 is 4.74 Å². The van der Waals surface area contributed by atoms with Gasteiger partial charge in [-0.05, 0) is 30.7 Å². The van der Waals surface area contributed by atoms with E-state index in [9.17, 15) is 0 Å². The molecule has 2 nitrogen and oxygen atoms in total. The summed E-state index contributed by atoms with van der Waals surface area (Å²) in [5.74, 6) is 0. The maximum Gasteiger partial charge on any atom is 0.0480 e. The van der Waals surface area contributed by atoms with E-state index in [1.165, 1.54) is 17.7 Å². The van der Waals surface area contributed by atoms with Crippen molar-refractivity contribution in [3.8, 4) is 0 Å². The second kappa shape index (κ2) is 5.49. The van der Waals surface area contributed by atoms with Crippen molar-refractivity contribution >= 4 is 11.3 Å². The molecule has 0 amide bonds. The minimum Gasteiger partial charge on any atom is -0.381 e. The number of thiophene rings is 1. The van der Waals surface area contributed by atoms with E-state index in [0.29, 0.717) is 6.04 Å². The summed E-state index contributed by atoms with van der Waals surface area (Å²) in [6.45, 7) is 2.96. The fraction of sp³-hybridized carbons (Fsp3) is 0.636. The topological polar surface area (TPSA) is 21.3 Å². The molecule has 0 bridgehead atoms. The second-order valence-electron chi connectivity index (χ2n) is 3.67. The van der Waals surface area contributed by atoms with Gasteiger partial charge in [-0.3, -0.25) is 0 Å². The van der Waals surface area contributed by atoms with E-state index in [2.05, 4.69) is 22.8 Å². The van der Waals surface area contributed by atoms with Crippen LogP contribution >= 0.6 is 11.3 Å². The third-order valence-corrected chi connectivity index (χ3v) is 3.54. The Morgan fingerprint density at radius 2 is 2.29 bits per heavy atom. The first kappa shape index (κ1) is 10.1. The number of ether oxygens (including phenoxy) is 1. The van der Waals surface area contributed by atoms with E-state index in [-0.39, 0.29) is 0 Å². The molecule has 1 aliphatic rings. The smallest absolute Gasteiger partial charge is 0.0480 e. The molecule has 1 fully saturated rings. The van der Waals surface area contributed by atoms with Crippen LogP contribution in [0, 0.1) is 0 Å². The van der Waals surface area contributed by atoms with Gasteiger partial charge in [0.1, 0.15) is 0 Å². The molecule has 0 unspecified atom stereocenters. The summed E-state index contributed by atoms with van der Waals surface area (Å²) >= 11 is 1.84. The molecule has 0 radical (unpaired) electrons. The fourth-order valence-electron chi connectivity index (χ4n) is 1.76. The lowest BCUT2D eigenvalue weighted by molar-refractivity contribution is 0.0782. The lowest BCUT2D eigenvalue weighted by atomic mass is 10.1. The summed E-state index contributed by atoms with van der Waals surface area (Å²) in [5.41, 5.74) is 0. The number of rotatable bonds is 4. The molecule has 1 saturated heterocycles. The van der Waals surface area contributed by atoms with Gasteiger partial charge in [0.15, 0.2) is 0 Å². The van der Waals surface area contributed by atoms with Gasteiger partial charge in [-0.15, -0.1) is 11.3 Å².